The van der Waals surface area contributed by atoms with E-state index in [1.807, 2.05) is 0 Å². The smallest absolute Gasteiger partial charge is 0.206 e. The Balaban J connectivity index is 3.34. The molecule has 42 valence electrons. The Morgan fingerprint density at radius 2 is 2.14 bits per heavy atom. The standard InChI is InChI=1S/C3H11N4/c1-6-3-7(2,4)5/h1,3-5H2,2H3/q+1. The van der Waals surface area contributed by atoms with Crippen LogP contribution in [0.25, 0.3) is 0 Å². The predicted molar refractivity (Wildman–Crippen MR) is 29.0 cm³/mol. The molecule has 4 heteroatoms. The van der Waals surface area contributed by atoms with Gasteiger partial charge in [0.05, 0.1) is 0 Å². The molecule has 0 fully saturated rings. The summed E-state index contributed by atoms with van der Waals surface area (Å²) < 4.78 is -0.135. The van der Waals surface area contributed by atoms with Crippen molar-refractivity contribution in [1.29, 1.82) is 0 Å². The lowest BCUT2D eigenvalue weighted by Crippen LogP contribution is -2.56. The van der Waals surface area contributed by atoms with E-state index in [4.69, 9.17) is 11.7 Å². The summed E-state index contributed by atoms with van der Waals surface area (Å²) in [5, 5.41) is 0. The minimum atomic E-state index is -0.135. The van der Waals surface area contributed by atoms with E-state index in [1.165, 1.54) is 0 Å². The molecule has 0 heterocycles. The zero-order chi connectivity index (χ0) is 5.91. The van der Waals surface area contributed by atoms with Crippen LogP contribution in [0.4, 0.5) is 0 Å². The maximum absolute atomic E-state index is 5.23. The fourth-order valence-electron chi connectivity index (χ4n) is 0.215. The molecule has 0 rings (SSSR count). The summed E-state index contributed by atoms with van der Waals surface area (Å²) in [4.78, 5) is 3.48. The van der Waals surface area contributed by atoms with Gasteiger partial charge >= 0.3 is 0 Å². The van der Waals surface area contributed by atoms with Gasteiger partial charge in [0.15, 0.2) is 0 Å². The monoisotopic (exact) mass is 103 g/mol. The van der Waals surface area contributed by atoms with Crippen molar-refractivity contribution in [2.45, 2.75) is 0 Å². The number of quaternary nitrogens is 1. The number of hydrogen-bond acceptors (Lipinski definition) is 3. The third kappa shape index (κ3) is 5.55. The molecule has 0 spiro atoms. The van der Waals surface area contributed by atoms with Gasteiger partial charge in [-0.25, -0.2) is 4.99 Å². The van der Waals surface area contributed by atoms with Crippen molar-refractivity contribution in [1.82, 2.24) is 0 Å². The summed E-state index contributed by atoms with van der Waals surface area (Å²) in [5.41, 5.74) is 0. The van der Waals surface area contributed by atoms with Crippen LogP contribution in [0, 0.1) is 0 Å². The minimum absolute atomic E-state index is 0.135. The van der Waals surface area contributed by atoms with E-state index in [1.54, 1.807) is 7.05 Å². The Morgan fingerprint density at radius 1 is 1.71 bits per heavy atom. The fraction of sp³-hybridized carbons (Fsp3) is 0.667. The molecule has 0 amide bonds. The van der Waals surface area contributed by atoms with Gasteiger partial charge < -0.3 is 0 Å². The molecule has 0 aliphatic heterocycles. The highest BCUT2D eigenvalue weighted by Crippen LogP contribution is 1.75. The van der Waals surface area contributed by atoms with Crippen molar-refractivity contribution < 1.29 is 4.70 Å². The SMILES string of the molecule is C=NC[N+](C)(N)N. The normalized spacial score (nSPS) is 11.3. The third-order valence-electron chi connectivity index (χ3n) is 0.405. The van der Waals surface area contributed by atoms with Gasteiger partial charge in [0.1, 0.15) is 7.05 Å². The highest BCUT2D eigenvalue weighted by atomic mass is 15.7. The number of aliphatic imine (C=N–C) groups is 1. The molecule has 7 heavy (non-hydrogen) atoms. The van der Waals surface area contributed by atoms with Crippen LogP contribution in [0.2, 0.25) is 0 Å². The number of rotatable bonds is 2. The second-order valence-corrected chi connectivity index (χ2v) is 1.71. The molecule has 0 saturated heterocycles. The molecular formula is C3H11N4+. The van der Waals surface area contributed by atoms with Gasteiger partial charge in [-0.05, 0) is 6.72 Å². The average molecular weight is 103 g/mol. The van der Waals surface area contributed by atoms with Crippen LogP contribution in [-0.2, 0) is 0 Å². The van der Waals surface area contributed by atoms with E-state index in [0.29, 0.717) is 6.67 Å². The molecular weight excluding hydrogens is 92.1 g/mol. The van der Waals surface area contributed by atoms with E-state index in [-0.39, 0.29) is 4.70 Å². The fourth-order valence-corrected chi connectivity index (χ4v) is 0.215. The van der Waals surface area contributed by atoms with Gasteiger partial charge in [-0.3, -0.25) is 0 Å². The van der Waals surface area contributed by atoms with Gasteiger partial charge in [0.2, 0.25) is 6.67 Å². The first kappa shape index (κ1) is 6.55. The predicted octanol–water partition coefficient (Wildman–Crippen LogP) is -1.16. The molecule has 0 aromatic heterocycles. The Kier molecular flexibility index (Phi) is 1.89. The van der Waals surface area contributed by atoms with Crippen molar-refractivity contribution in [3.8, 4) is 0 Å². The van der Waals surface area contributed by atoms with E-state index in [0.717, 1.165) is 0 Å². The first-order valence-corrected chi connectivity index (χ1v) is 1.91. The lowest BCUT2D eigenvalue weighted by atomic mass is 10.9. The van der Waals surface area contributed by atoms with Crippen LogP contribution < -0.4 is 11.7 Å². The maximum atomic E-state index is 5.23. The van der Waals surface area contributed by atoms with E-state index in [2.05, 4.69) is 11.7 Å². The summed E-state index contributed by atoms with van der Waals surface area (Å²) in [6.07, 6.45) is 0. The maximum Gasteiger partial charge on any atom is 0.206 e. The highest BCUT2D eigenvalue weighted by molar-refractivity contribution is 5.22. The van der Waals surface area contributed by atoms with Crippen molar-refractivity contribution >= 4 is 6.72 Å². The van der Waals surface area contributed by atoms with Gasteiger partial charge in [0.25, 0.3) is 0 Å². The molecule has 0 aliphatic carbocycles. The first-order valence-electron chi connectivity index (χ1n) is 1.91. The van der Waals surface area contributed by atoms with E-state index < -0.39 is 0 Å². The molecule has 4 nitrogen and oxygen atoms in total. The molecule has 0 saturated carbocycles. The van der Waals surface area contributed by atoms with Crippen molar-refractivity contribution in [2.75, 3.05) is 13.7 Å². The summed E-state index contributed by atoms with van der Waals surface area (Å²) >= 11 is 0. The second-order valence-electron chi connectivity index (χ2n) is 1.71. The van der Waals surface area contributed by atoms with Gasteiger partial charge in [-0.15, -0.1) is 0 Å². The zero-order valence-corrected chi connectivity index (χ0v) is 4.46. The van der Waals surface area contributed by atoms with Crippen LogP contribution >= 0.6 is 0 Å². The number of hydrogen-bond donors (Lipinski definition) is 2. The number of nitrogens with two attached hydrogens (primary N) is 2. The second kappa shape index (κ2) is 2.02. The highest BCUT2D eigenvalue weighted by Gasteiger charge is 2.03. The Morgan fingerprint density at radius 3 is 2.14 bits per heavy atom. The van der Waals surface area contributed by atoms with Crippen LogP contribution in [-0.4, -0.2) is 25.1 Å². The zero-order valence-electron chi connectivity index (χ0n) is 4.46. The van der Waals surface area contributed by atoms with Crippen LogP contribution in [0.15, 0.2) is 4.99 Å². The first-order chi connectivity index (χ1) is 3.06. The Labute approximate surface area is 43.0 Å². The van der Waals surface area contributed by atoms with Crippen molar-refractivity contribution in [2.24, 2.45) is 16.7 Å². The topological polar surface area (TPSA) is 64.4 Å². The molecule has 0 atom stereocenters. The summed E-state index contributed by atoms with van der Waals surface area (Å²) in [7, 11) is 1.63. The van der Waals surface area contributed by atoms with Crippen molar-refractivity contribution in [3.05, 3.63) is 0 Å². The van der Waals surface area contributed by atoms with E-state index >= 15 is 0 Å². The lowest BCUT2D eigenvalue weighted by Gasteiger charge is -2.16. The van der Waals surface area contributed by atoms with Crippen molar-refractivity contribution in [3.63, 3.8) is 0 Å². The molecule has 0 aromatic carbocycles. The molecule has 0 radical (unpaired) electrons. The molecule has 0 bridgehead atoms. The largest absolute Gasteiger partial charge is 0.242 e. The van der Waals surface area contributed by atoms with Gasteiger partial charge in [-0.2, -0.15) is 16.4 Å². The summed E-state index contributed by atoms with van der Waals surface area (Å²) in [5.74, 6) is 10.5. The molecule has 0 aromatic rings. The number of nitrogens with zero attached hydrogens (tertiary/aromatic N) is 2. The quantitative estimate of drug-likeness (QED) is 0.200. The Bertz CT molecular complexity index is 61.8. The Hall–Kier alpha value is -0.450. The van der Waals surface area contributed by atoms with Crippen LogP contribution in [0.5, 0.6) is 0 Å². The molecule has 0 aliphatic rings. The third-order valence-corrected chi connectivity index (χ3v) is 0.405. The van der Waals surface area contributed by atoms with Gasteiger partial charge in [0, 0.05) is 0 Å². The summed E-state index contributed by atoms with van der Waals surface area (Å²) in [6, 6.07) is 0. The summed E-state index contributed by atoms with van der Waals surface area (Å²) in [6.45, 7) is 3.57. The van der Waals surface area contributed by atoms with Crippen LogP contribution in [0.3, 0.4) is 0 Å². The van der Waals surface area contributed by atoms with E-state index in [9.17, 15) is 0 Å². The molecule has 0 unspecified atom stereocenters. The molecule has 4 N–H and O–H groups in total. The lowest BCUT2D eigenvalue weighted by molar-refractivity contribution is -0.932. The average Bonchev–Trinajstić information content (AvgIpc) is 1.30. The van der Waals surface area contributed by atoms with Crippen LogP contribution in [0.1, 0.15) is 0 Å². The van der Waals surface area contributed by atoms with Gasteiger partial charge in [-0.1, -0.05) is 0 Å². The minimum Gasteiger partial charge on any atom is -0.242 e.